The number of unbranched alkanes of at least 4 members (excludes halogenated alkanes) is 1. The third-order valence-corrected chi connectivity index (χ3v) is 5.24. The van der Waals surface area contributed by atoms with Gasteiger partial charge >= 0.3 is 5.97 Å². The minimum Gasteiger partial charge on any atom is -0.464 e. The molecule has 0 atom stereocenters. The van der Waals surface area contributed by atoms with Crippen molar-refractivity contribution >= 4 is 29.4 Å². The molecule has 0 aromatic heterocycles. The zero-order valence-corrected chi connectivity index (χ0v) is 16.3. The van der Waals surface area contributed by atoms with Crippen molar-refractivity contribution in [3.8, 4) is 0 Å². The summed E-state index contributed by atoms with van der Waals surface area (Å²) in [5, 5.41) is 0. The quantitative estimate of drug-likeness (QED) is 0.403. The molecule has 0 radical (unpaired) electrons. The minimum absolute atomic E-state index is 0.142. The van der Waals surface area contributed by atoms with Crippen LogP contribution in [0.15, 0.2) is 55.1 Å². The van der Waals surface area contributed by atoms with Crippen molar-refractivity contribution < 1.29 is 23.9 Å². The van der Waals surface area contributed by atoms with Gasteiger partial charge in [0.05, 0.1) is 17.7 Å². The third kappa shape index (κ3) is 3.39. The van der Waals surface area contributed by atoms with Crippen molar-refractivity contribution in [2.45, 2.75) is 12.8 Å². The molecule has 152 valence electrons. The topological polar surface area (TPSA) is 84.0 Å². The Bertz CT molecular complexity index is 1000. The summed E-state index contributed by atoms with van der Waals surface area (Å²) >= 11 is 0. The molecule has 0 saturated heterocycles. The van der Waals surface area contributed by atoms with Gasteiger partial charge in [0.2, 0.25) is 0 Å². The van der Waals surface area contributed by atoms with Gasteiger partial charge in [-0.2, -0.15) is 0 Å². The van der Waals surface area contributed by atoms with Gasteiger partial charge in [-0.1, -0.05) is 36.9 Å². The number of fused-ring (bicyclic) bond motifs is 2. The second kappa shape index (κ2) is 7.94. The number of hydrogen-bond acceptors (Lipinski definition) is 5. The van der Waals surface area contributed by atoms with E-state index in [1.54, 1.807) is 42.5 Å². The normalized spacial score (nSPS) is 14.9. The molecule has 4 rings (SSSR count). The molecule has 0 unspecified atom stereocenters. The number of esters is 1. The highest BCUT2D eigenvalue weighted by Crippen LogP contribution is 2.30. The lowest BCUT2D eigenvalue weighted by atomic mass is 10.1. The average molecular weight is 404 g/mol. The Morgan fingerprint density at radius 3 is 1.83 bits per heavy atom. The van der Waals surface area contributed by atoms with Gasteiger partial charge in [0.25, 0.3) is 17.7 Å². The zero-order valence-electron chi connectivity index (χ0n) is 16.3. The summed E-state index contributed by atoms with van der Waals surface area (Å²) in [6.45, 7) is 4.10. The lowest BCUT2D eigenvalue weighted by Gasteiger charge is -2.16. The number of carbonyl (C=O) groups excluding carboxylic acids is 4. The smallest absolute Gasteiger partial charge is 0.326 e. The highest BCUT2D eigenvalue weighted by molar-refractivity contribution is 6.21. The molecule has 0 fully saturated rings. The Morgan fingerprint density at radius 2 is 1.27 bits per heavy atom. The van der Waals surface area contributed by atoms with Gasteiger partial charge in [-0.15, -0.1) is 0 Å². The number of carbonyl (C=O) groups is 4. The van der Waals surface area contributed by atoms with E-state index in [-0.39, 0.29) is 37.4 Å². The minimum atomic E-state index is -0.530. The largest absolute Gasteiger partial charge is 0.464 e. The van der Waals surface area contributed by atoms with Crippen molar-refractivity contribution in [2.24, 2.45) is 0 Å². The Hall–Kier alpha value is -3.74. The summed E-state index contributed by atoms with van der Waals surface area (Å²) in [7, 11) is 0. The van der Waals surface area contributed by atoms with Crippen molar-refractivity contribution in [1.29, 1.82) is 0 Å². The fraction of sp³-hybridized carbons (Fsp3) is 0.217. The van der Waals surface area contributed by atoms with E-state index in [0.29, 0.717) is 35.2 Å². The Balaban J connectivity index is 1.21. The van der Waals surface area contributed by atoms with E-state index in [2.05, 4.69) is 6.58 Å². The molecule has 0 saturated carbocycles. The van der Waals surface area contributed by atoms with Crippen LogP contribution in [0.4, 0.5) is 0 Å². The van der Waals surface area contributed by atoms with Gasteiger partial charge < -0.3 is 4.74 Å². The Labute approximate surface area is 173 Å². The molecule has 7 heteroatoms. The van der Waals surface area contributed by atoms with Crippen LogP contribution in [0.3, 0.4) is 0 Å². The van der Waals surface area contributed by atoms with E-state index in [1.807, 2.05) is 6.07 Å². The van der Waals surface area contributed by atoms with Crippen LogP contribution >= 0.6 is 0 Å². The van der Waals surface area contributed by atoms with Crippen LogP contribution in [0.2, 0.25) is 0 Å². The molecule has 2 aliphatic rings. The van der Waals surface area contributed by atoms with Gasteiger partial charge in [-0.05, 0) is 31.0 Å². The summed E-state index contributed by atoms with van der Waals surface area (Å²) in [6, 6.07) is 13.8. The van der Waals surface area contributed by atoms with Gasteiger partial charge in [-0.3, -0.25) is 29.0 Å². The van der Waals surface area contributed by atoms with Gasteiger partial charge in [0.15, 0.2) is 0 Å². The number of rotatable bonds is 7. The maximum atomic E-state index is 12.4. The van der Waals surface area contributed by atoms with Crippen LogP contribution in [0.5, 0.6) is 0 Å². The molecule has 2 heterocycles. The van der Waals surface area contributed by atoms with Crippen LogP contribution in [0.1, 0.15) is 49.5 Å². The molecular formula is C23H20N2O5. The number of benzene rings is 2. The summed E-state index contributed by atoms with van der Waals surface area (Å²) < 4.78 is 5.22. The number of ether oxygens (including phenoxy) is 1. The van der Waals surface area contributed by atoms with E-state index < -0.39 is 5.97 Å². The Morgan fingerprint density at radius 1 is 0.767 bits per heavy atom. The predicted molar refractivity (Wildman–Crippen MR) is 109 cm³/mol. The Kier molecular flexibility index (Phi) is 5.18. The van der Waals surface area contributed by atoms with E-state index in [1.165, 1.54) is 9.80 Å². The highest BCUT2D eigenvalue weighted by Gasteiger charge is 2.34. The van der Waals surface area contributed by atoms with Crippen molar-refractivity contribution in [1.82, 2.24) is 9.80 Å². The fourth-order valence-electron chi connectivity index (χ4n) is 3.68. The second-order valence-electron chi connectivity index (χ2n) is 7.12. The molecule has 0 bridgehead atoms. The van der Waals surface area contributed by atoms with Crippen LogP contribution in [0.25, 0.3) is 5.70 Å². The maximum Gasteiger partial charge on any atom is 0.326 e. The first-order valence-corrected chi connectivity index (χ1v) is 9.70. The monoisotopic (exact) mass is 404 g/mol. The first-order chi connectivity index (χ1) is 14.5. The lowest BCUT2D eigenvalue weighted by molar-refractivity contribution is -0.143. The maximum absolute atomic E-state index is 12.4. The standard InChI is InChI=1S/C23H20N2O5/c1-15-16-8-2-3-9-17(16)23(29)25(15)14-20(26)30-13-7-6-12-24-21(27)18-10-4-5-11-19(18)22(24)28/h2-5,8-11H,1,6-7,12-14H2. The highest BCUT2D eigenvalue weighted by atomic mass is 16.5. The van der Waals surface area contributed by atoms with Crippen LogP contribution in [-0.4, -0.2) is 53.2 Å². The summed E-state index contributed by atoms with van der Waals surface area (Å²) in [4.78, 5) is 51.7. The zero-order chi connectivity index (χ0) is 21.3. The average Bonchev–Trinajstić information content (AvgIpc) is 3.14. The molecule has 0 spiro atoms. The van der Waals surface area contributed by atoms with Crippen LogP contribution < -0.4 is 0 Å². The molecule has 2 aromatic rings. The molecule has 30 heavy (non-hydrogen) atoms. The number of nitrogens with zero attached hydrogens (tertiary/aromatic N) is 2. The molecular weight excluding hydrogens is 384 g/mol. The lowest BCUT2D eigenvalue weighted by Crippen LogP contribution is -2.31. The fourth-order valence-corrected chi connectivity index (χ4v) is 3.68. The van der Waals surface area contributed by atoms with Crippen molar-refractivity contribution in [3.63, 3.8) is 0 Å². The summed E-state index contributed by atoms with van der Waals surface area (Å²) in [5.74, 6) is -1.38. The summed E-state index contributed by atoms with van der Waals surface area (Å²) in [6.07, 6.45) is 1.01. The molecule has 2 aromatic carbocycles. The molecule has 0 aliphatic carbocycles. The van der Waals surface area contributed by atoms with E-state index >= 15 is 0 Å². The van der Waals surface area contributed by atoms with Crippen LogP contribution in [0, 0.1) is 0 Å². The molecule has 2 aliphatic heterocycles. The first-order valence-electron chi connectivity index (χ1n) is 9.70. The van der Waals surface area contributed by atoms with Crippen LogP contribution in [-0.2, 0) is 9.53 Å². The number of imide groups is 1. The van der Waals surface area contributed by atoms with E-state index in [9.17, 15) is 19.2 Å². The molecule has 3 amide bonds. The SMILES string of the molecule is C=C1c2ccccc2C(=O)N1CC(=O)OCCCCN1C(=O)c2ccccc2C1=O. The van der Waals surface area contributed by atoms with Crippen molar-refractivity contribution in [3.05, 3.63) is 77.4 Å². The second-order valence-corrected chi connectivity index (χ2v) is 7.12. The molecule has 7 nitrogen and oxygen atoms in total. The predicted octanol–water partition coefficient (Wildman–Crippen LogP) is 2.73. The van der Waals surface area contributed by atoms with E-state index in [4.69, 9.17) is 4.74 Å². The van der Waals surface area contributed by atoms with Gasteiger partial charge in [0, 0.05) is 23.4 Å². The third-order valence-electron chi connectivity index (χ3n) is 5.24. The van der Waals surface area contributed by atoms with Crippen molar-refractivity contribution in [2.75, 3.05) is 19.7 Å². The van der Waals surface area contributed by atoms with E-state index in [0.717, 1.165) is 5.56 Å². The number of hydrogen-bond donors (Lipinski definition) is 0. The van der Waals surface area contributed by atoms with Gasteiger partial charge in [-0.25, -0.2) is 0 Å². The van der Waals surface area contributed by atoms with Gasteiger partial charge in [0.1, 0.15) is 6.54 Å². The molecule has 0 N–H and O–H groups in total. The number of amides is 3. The first kappa shape index (κ1) is 19.6. The summed E-state index contributed by atoms with van der Waals surface area (Å²) in [5.41, 5.74) is 2.57.